The highest BCUT2D eigenvalue weighted by Gasteiger charge is 2.31. The maximum Gasteiger partial charge on any atom is 0.352 e. The summed E-state index contributed by atoms with van der Waals surface area (Å²) >= 11 is 0. The van der Waals surface area contributed by atoms with Crippen molar-refractivity contribution in [2.24, 2.45) is 5.73 Å². The Morgan fingerprint density at radius 1 is 1.19 bits per heavy atom. The predicted molar refractivity (Wildman–Crippen MR) is 130 cm³/mol. The monoisotopic (exact) mass is 486 g/mol. The lowest BCUT2D eigenvalue weighted by atomic mass is 9.83. The van der Waals surface area contributed by atoms with Gasteiger partial charge in [-0.15, -0.1) is 0 Å². The molecule has 0 radical (unpaired) electrons. The topological polar surface area (TPSA) is 104 Å². The van der Waals surface area contributed by atoms with Crippen molar-refractivity contribution in [3.63, 3.8) is 0 Å². The summed E-state index contributed by atoms with van der Waals surface area (Å²) < 4.78 is 35.9. The number of halogens is 1. The molecule has 3 aromatic carbocycles. The van der Waals surface area contributed by atoms with Crippen LogP contribution in [0, 0.1) is 17.1 Å². The van der Waals surface area contributed by atoms with Gasteiger partial charge in [-0.3, -0.25) is 0 Å². The first kappa shape index (κ1) is 24.4. The van der Waals surface area contributed by atoms with Crippen molar-refractivity contribution < 1.29 is 28.1 Å². The summed E-state index contributed by atoms with van der Waals surface area (Å²) in [7, 11) is 0. The van der Waals surface area contributed by atoms with Crippen molar-refractivity contribution in [1.29, 1.82) is 5.26 Å². The van der Waals surface area contributed by atoms with Crippen LogP contribution in [-0.2, 0) is 4.79 Å². The highest BCUT2D eigenvalue weighted by molar-refractivity contribution is 5.77. The Labute approximate surface area is 207 Å². The van der Waals surface area contributed by atoms with E-state index < -0.39 is 23.8 Å². The number of nitrogens with zero attached hydrogens (tertiary/aromatic N) is 1. The Morgan fingerprint density at radius 2 is 1.92 bits per heavy atom. The molecule has 2 unspecified atom stereocenters. The van der Waals surface area contributed by atoms with E-state index in [4.69, 9.17) is 24.7 Å². The Bertz CT molecular complexity index is 1360. The van der Waals surface area contributed by atoms with Crippen LogP contribution < -0.4 is 24.7 Å². The molecule has 0 saturated heterocycles. The standard InChI is InChI=1S/C28H23FN2O5/c1-3-14-33-19-10-8-18(9-11-19)26-21-13-12-20(15-25(21)36-27(31)22(26)16-30)35-28(32)17(2)34-24-7-5-4-6-23(24)29/h3-13,15,17,26H,1,14,31H2,2H3. The molecule has 0 spiro atoms. The van der Waals surface area contributed by atoms with Crippen molar-refractivity contribution in [1.82, 2.24) is 0 Å². The highest BCUT2D eigenvalue weighted by Crippen LogP contribution is 2.43. The minimum absolute atomic E-state index is 0.0401. The first-order chi connectivity index (χ1) is 17.4. The Balaban J connectivity index is 1.56. The fraction of sp³-hybridized carbons (Fsp3) is 0.143. The molecule has 2 N–H and O–H groups in total. The molecule has 0 bridgehead atoms. The molecule has 0 saturated carbocycles. The number of hydrogen-bond donors (Lipinski definition) is 1. The first-order valence-corrected chi connectivity index (χ1v) is 11.1. The molecule has 1 aliphatic rings. The van der Waals surface area contributed by atoms with Crippen LogP contribution in [0.5, 0.6) is 23.0 Å². The molecule has 4 rings (SSSR count). The van der Waals surface area contributed by atoms with Crippen molar-refractivity contribution in [2.75, 3.05) is 6.61 Å². The van der Waals surface area contributed by atoms with Crippen molar-refractivity contribution in [3.8, 4) is 29.1 Å². The lowest BCUT2D eigenvalue weighted by Crippen LogP contribution is -2.29. The molecular formula is C28H23FN2O5. The van der Waals surface area contributed by atoms with E-state index in [9.17, 15) is 14.4 Å². The number of rotatable bonds is 8. The molecule has 7 nitrogen and oxygen atoms in total. The second-order valence-electron chi connectivity index (χ2n) is 7.90. The number of nitrogens with two attached hydrogens (primary N) is 1. The van der Waals surface area contributed by atoms with Crippen LogP contribution in [0.2, 0.25) is 0 Å². The minimum atomic E-state index is -1.07. The van der Waals surface area contributed by atoms with Crippen molar-refractivity contribution in [2.45, 2.75) is 18.9 Å². The Kier molecular flexibility index (Phi) is 7.21. The van der Waals surface area contributed by atoms with Crippen LogP contribution in [0.1, 0.15) is 24.0 Å². The summed E-state index contributed by atoms with van der Waals surface area (Å²) in [5.41, 5.74) is 7.81. The van der Waals surface area contributed by atoms with Gasteiger partial charge in [-0.2, -0.15) is 5.26 Å². The normalized spacial score (nSPS) is 15.1. The number of nitriles is 1. The first-order valence-electron chi connectivity index (χ1n) is 11.1. The number of benzene rings is 3. The van der Waals surface area contributed by atoms with Crippen molar-refractivity contribution in [3.05, 3.63) is 108 Å². The van der Waals surface area contributed by atoms with Crippen LogP contribution in [0.15, 0.2) is 90.8 Å². The van der Waals surface area contributed by atoms with Crippen LogP contribution in [0.25, 0.3) is 0 Å². The number of fused-ring (bicyclic) bond motifs is 1. The number of para-hydroxylation sites is 1. The molecule has 0 aromatic heterocycles. The molecule has 182 valence electrons. The maximum atomic E-state index is 13.8. The van der Waals surface area contributed by atoms with E-state index in [2.05, 4.69) is 12.6 Å². The van der Waals surface area contributed by atoms with Gasteiger partial charge in [0.05, 0.1) is 5.92 Å². The smallest absolute Gasteiger partial charge is 0.352 e. The highest BCUT2D eigenvalue weighted by atomic mass is 19.1. The number of ether oxygens (including phenoxy) is 4. The molecule has 1 heterocycles. The summed E-state index contributed by atoms with van der Waals surface area (Å²) in [5.74, 6) is -0.693. The number of esters is 1. The molecule has 0 fully saturated rings. The van der Waals surface area contributed by atoms with Gasteiger partial charge < -0.3 is 24.7 Å². The molecule has 0 aliphatic carbocycles. The van der Waals surface area contributed by atoms with Crippen molar-refractivity contribution >= 4 is 5.97 Å². The second-order valence-corrected chi connectivity index (χ2v) is 7.90. The van der Waals surface area contributed by atoms with E-state index in [-0.39, 0.29) is 23.0 Å². The van der Waals surface area contributed by atoms with Crippen LogP contribution in [0.4, 0.5) is 4.39 Å². The quantitative estimate of drug-likeness (QED) is 0.272. The SMILES string of the molecule is C=CCOc1ccc(C2C(C#N)=C(N)Oc3cc(OC(=O)C(C)Oc4ccccc4F)ccc32)cc1. The fourth-order valence-electron chi connectivity index (χ4n) is 3.73. The van der Waals surface area contributed by atoms with Crippen LogP contribution >= 0.6 is 0 Å². The van der Waals surface area contributed by atoms with Crippen LogP contribution in [0.3, 0.4) is 0 Å². The molecule has 3 aromatic rings. The van der Waals surface area contributed by atoms with Gasteiger partial charge in [0.15, 0.2) is 17.7 Å². The van der Waals surface area contributed by atoms with Gasteiger partial charge >= 0.3 is 5.97 Å². The van der Waals surface area contributed by atoms with E-state index in [1.165, 1.54) is 31.2 Å². The van der Waals surface area contributed by atoms with E-state index in [0.29, 0.717) is 23.7 Å². The summed E-state index contributed by atoms with van der Waals surface area (Å²) in [6.07, 6.45) is 0.584. The Hall–Kier alpha value is -4.77. The van der Waals surface area contributed by atoms with Gasteiger partial charge in [0.25, 0.3) is 0 Å². The number of carbonyl (C=O) groups excluding carboxylic acids is 1. The number of hydrogen-bond acceptors (Lipinski definition) is 7. The molecular weight excluding hydrogens is 463 g/mol. The van der Waals surface area contributed by atoms with E-state index in [1.807, 2.05) is 12.1 Å². The lowest BCUT2D eigenvalue weighted by Gasteiger charge is -2.27. The third-order valence-electron chi connectivity index (χ3n) is 5.46. The fourth-order valence-corrected chi connectivity index (χ4v) is 3.73. The van der Waals surface area contributed by atoms with Crippen LogP contribution in [-0.4, -0.2) is 18.7 Å². The molecule has 8 heteroatoms. The van der Waals surface area contributed by atoms with Gasteiger partial charge in [-0.05, 0) is 42.8 Å². The average molecular weight is 486 g/mol. The molecule has 1 aliphatic heterocycles. The number of allylic oxidation sites excluding steroid dienone is 1. The third kappa shape index (κ3) is 5.15. The van der Waals surface area contributed by atoms with Gasteiger partial charge in [0, 0.05) is 11.6 Å². The van der Waals surface area contributed by atoms with Gasteiger partial charge in [-0.25, -0.2) is 9.18 Å². The lowest BCUT2D eigenvalue weighted by molar-refractivity contribution is -0.141. The van der Waals surface area contributed by atoms with Gasteiger partial charge in [0.1, 0.15) is 35.5 Å². The Morgan fingerprint density at radius 3 is 2.61 bits per heavy atom. The average Bonchev–Trinajstić information content (AvgIpc) is 2.88. The summed E-state index contributed by atoms with van der Waals surface area (Å²) in [4.78, 5) is 12.5. The number of carbonyl (C=O) groups is 1. The van der Waals surface area contributed by atoms with E-state index >= 15 is 0 Å². The second kappa shape index (κ2) is 10.7. The summed E-state index contributed by atoms with van der Waals surface area (Å²) in [6, 6.07) is 20.0. The summed E-state index contributed by atoms with van der Waals surface area (Å²) in [5, 5.41) is 9.75. The van der Waals surface area contributed by atoms with Gasteiger partial charge in [-0.1, -0.05) is 43.0 Å². The predicted octanol–water partition coefficient (Wildman–Crippen LogP) is 4.98. The maximum absolute atomic E-state index is 13.8. The van der Waals surface area contributed by atoms with E-state index in [0.717, 1.165) is 5.56 Å². The molecule has 2 atom stereocenters. The minimum Gasteiger partial charge on any atom is -0.490 e. The molecule has 36 heavy (non-hydrogen) atoms. The largest absolute Gasteiger partial charge is 0.490 e. The zero-order valence-corrected chi connectivity index (χ0v) is 19.4. The zero-order valence-electron chi connectivity index (χ0n) is 19.4. The molecule has 0 amide bonds. The van der Waals surface area contributed by atoms with E-state index in [1.54, 1.807) is 36.4 Å². The summed E-state index contributed by atoms with van der Waals surface area (Å²) in [6.45, 7) is 5.47. The van der Waals surface area contributed by atoms with Gasteiger partial charge in [0.2, 0.25) is 5.88 Å². The zero-order chi connectivity index (χ0) is 25.7. The third-order valence-corrected chi connectivity index (χ3v) is 5.46.